The number of ether oxygens (including phenoxy) is 1. The Kier molecular flexibility index (Phi) is 4.00. The molecule has 0 spiro atoms. The van der Waals surface area contributed by atoms with Crippen LogP contribution in [0.1, 0.15) is 33.1 Å². The van der Waals surface area contributed by atoms with E-state index >= 15 is 0 Å². The van der Waals surface area contributed by atoms with Gasteiger partial charge in [-0.15, -0.1) is 0 Å². The zero-order valence-corrected chi connectivity index (χ0v) is 11.4. The van der Waals surface area contributed by atoms with E-state index in [1.54, 1.807) is 19.2 Å². The number of rotatable bonds is 3. The lowest BCUT2D eigenvalue weighted by Gasteiger charge is -2.35. The van der Waals surface area contributed by atoms with E-state index in [1.807, 2.05) is 6.07 Å². The first-order valence-electron chi connectivity index (χ1n) is 6.75. The van der Waals surface area contributed by atoms with Crippen LogP contribution < -0.4 is 10.1 Å². The van der Waals surface area contributed by atoms with Gasteiger partial charge in [-0.1, -0.05) is 26.7 Å². The summed E-state index contributed by atoms with van der Waals surface area (Å²) in [5.74, 6) is 2.15. The molecule has 1 aromatic carbocycles. The monoisotopic (exact) mass is 249 g/mol. The molecule has 3 unspecified atom stereocenters. The van der Waals surface area contributed by atoms with Crippen LogP contribution in [-0.2, 0) is 0 Å². The van der Waals surface area contributed by atoms with Crippen molar-refractivity contribution in [2.45, 2.75) is 39.2 Å². The number of hydrogen-bond acceptors (Lipinski definition) is 3. The van der Waals surface area contributed by atoms with E-state index in [0.29, 0.717) is 17.7 Å². The molecule has 0 aliphatic heterocycles. The largest absolute Gasteiger partial charge is 0.504 e. The van der Waals surface area contributed by atoms with Crippen molar-refractivity contribution in [3.8, 4) is 11.5 Å². The van der Waals surface area contributed by atoms with Crippen LogP contribution in [0.25, 0.3) is 0 Å². The van der Waals surface area contributed by atoms with E-state index in [9.17, 15) is 5.11 Å². The molecular formula is C15H23NO2. The fraction of sp³-hybridized carbons (Fsp3) is 0.600. The van der Waals surface area contributed by atoms with Gasteiger partial charge in [0.15, 0.2) is 11.5 Å². The maximum Gasteiger partial charge on any atom is 0.160 e. The van der Waals surface area contributed by atoms with Gasteiger partial charge in [0.2, 0.25) is 0 Å². The third kappa shape index (κ3) is 2.71. The zero-order chi connectivity index (χ0) is 13.1. The Balaban J connectivity index is 2.06. The summed E-state index contributed by atoms with van der Waals surface area (Å²) in [6.45, 7) is 4.63. The maximum absolute atomic E-state index is 9.77. The van der Waals surface area contributed by atoms with Gasteiger partial charge in [-0.05, 0) is 30.4 Å². The van der Waals surface area contributed by atoms with Crippen molar-refractivity contribution in [1.29, 1.82) is 0 Å². The average Bonchev–Trinajstić information content (AvgIpc) is 2.35. The number of aromatic hydroxyl groups is 1. The summed E-state index contributed by atoms with van der Waals surface area (Å²) in [6, 6.07) is 6.01. The molecule has 3 atom stereocenters. The lowest BCUT2D eigenvalue weighted by atomic mass is 9.78. The van der Waals surface area contributed by atoms with Gasteiger partial charge in [0.1, 0.15) is 0 Å². The van der Waals surface area contributed by atoms with Crippen molar-refractivity contribution in [2.24, 2.45) is 11.8 Å². The second-order valence-electron chi connectivity index (χ2n) is 5.40. The van der Waals surface area contributed by atoms with E-state index < -0.39 is 0 Å². The van der Waals surface area contributed by atoms with Crippen molar-refractivity contribution in [2.75, 3.05) is 12.4 Å². The summed E-state index contributed by atoms with van der Waals surface area (Å²) in [5.41, 5.74) is 0.972. The van der Waals surface area contributed by atoms with Crippen molar-refractivity contribution < 1.29 is 9.84 Å². The summed E-state index contributed by atoms with van der Waals surface area (Å²) in [4.78, 5) is 0. The van der Waals surface area contributed by atoms with Gasteiger partial charge in [0.25, 0.3) is 0 Å². The first-order chi connectivity index (χ1) is 8.61. The van der Waals surface area contributed by atoms with Crippen molar-refractivity contribution in [3.05, 3.63) is 18.2 Å². The smallest absolute Gasteiger partial charge is 0.160 e. The molecule has 1 aliphatic rings. The number of benzene rings is 1. The van der Waals surface area contributed by atoms with Gasteiger partial charge in [-0.2, -0.15) is 0 Å². The van der Waals surface area contributed by atoms with Crippen LogP contribution in [0.5, 0.6) is 11.5 Å². The number of phenols is 1. The summed E-state index contributed by atoms with van der Waals surface area (Å²) in [5, 5.41) is 13.3. The van der Waals surface area contributed by atoms with Gasteiger partial charge in [-0.3, -0.25) is 0 Å². The second-order valence-corrected chi connectivity index (χ2v) is 5.40. The lowest BCUT2D eigenvalue weighted by molar-refractivity contribution is 0.253. The van der Waals surface area contributed by atoms with E-state index in [-0.39, 0.29) is 5.75 Å². The molecule has 2 rings (SSSR count). The lowest BCUT2D eigenvalue weighted by Crippen LogP contribution is -2.34. The molecule has 100 valence electrons. The molecule has 1 aliphatic carbocycles. The standard InChI is InChI=1S/C15H23NO2/c1-10-5-4-6-13(11(10)2)16-12-7-8-15(18-3)14(17)9-12/h7-11,13,16-17H,4-6H2,1-3H3. The highest BCUT2D eigenvalue weighted by molar-refractivity contribution is 5.54. The molecule has 0 amide bonds. The van der Waals surface area contributed by atoms with Gasteiger partial charge in [0.05, 0.1) is 7.11 Å². The van der Waals surface area contributed by atoms with Crippen molar-refractivity contribution >= 4 is 5.69 Å². The molecule has 1 aromatic rings. The predicted molar refractivity (Wildman–Crippen MR) is 74.2 cm³/mol. The number of hydrogen-bond donors (Lipinski definition) is 2. The predicted octanol–water partition coefficient (Wildman–Crippen LogP) is 3.64. The van der Waals surface area contributed by atoms with Gasteiger partial charge in [-0.25, -0.2) is 0 Å². The Morgan fingerprint density at radius 3 is 2.72 bits per heavy atom. The average molecular weight is 249 g/mol. The Labute approximate surface area is 109 Å². The quantitative estimate of drug-likeness (QED) is 0.859. The van der Waals surface area contributed by atoms with E-state index in [2.05, 4.69) is 19.2 Å². The molecule has 0 saturated heterocycles. The van der Waals surface area contributed by atoms with Crippen LogP contribution in [0.2, 0.25) is 0 Å². The van der Waals surface area contributed by atoms with Crippen LogP contribution in [0.3, 0.4) is 0 Å². The molecular weight excluding hydrogens is 226 g/mol. The van der Waals surface area contributed by atoms with Crippen molar-refractivity contribution in [1.82, 2.24) is 0 Å². The third-order valence-corrected chi connectivity index (χ3v) is 4.24. The van der Waals surface area contributed by atoms with E-state index in [0.717, 1.165) is 11.6 Å². The fourth-order valence-electron chi connectivity index (χ4n) is 2.78. The fourth-order valence-corrected chi connectivity index (χ4v) is 2.78. The van der Waals surface area contributed by atoms with Gasteiger partial charge in [0, 0.05) is 17.8 Å². The number of phenolic OH excluding ortho intramolecular Hbond substituents is 1. The normalized spacial score (nSPS) is 27.8. The first-order valence-corrected chi connectivity index (χ1v) is 6.75. The molecule has 2 N–H and O–H groups in total. The van der Waals surface area contributed by atoms with Crippen LogP contribution in [-0.4, -0.2) is 18.3 Å². The number of anilines is 1. The maximum atomic E-state index is 9.77. The van der Waals surface area contributed by atoms with E-state index in [4.69, 9.17) is 4.74 Å². The molecule has 1 fully saturated rings. The summed E-state index contributed by atoms with van der Waals surface area (Å²) in [6.07, 6.45) is 3.82. The minimum Gasteiger partial charge on any atom is -0.504 e. The Hall–Kier alpha value is -1.38. The third-order valence-electron chi connectivity index (χ3n) is 4.24. The molecule has 0 heterocycles. The molecule has 18 heavy (non-hydrogen) atoms. The topological polar surface area (TPSA) is 41.5 Å². The minimum absolute atomic E-state index is 0.194. The number of methoxy groups -OCH3 is 1. The summed E-state index contributed by atoms with van der Waals surface area (Å²) >= 11 is 0. The highest BCUT2D eigenvalue weighted by Gasteiger charge is 2.26. The molecule has 0 aromatic heterocycles. The molecule has 0 bridgehead atoms. The molecule has 3 nitrogen and oxygen atoms in total. The Bertz CT molecular complexity index is 405. The van der Waals surface area contributed by atoms with Crippen molar-refractivity contribution in [3.63, 3.8) is 0 Å². The highest BCUT2D eigenvalue weighted by atomic mass is 16.5. The Morgan fingerprint density at radius 1 is 1.28 bits per heavy atom. The highest BCUT2D eigenvalue weighted by Crippen LogP contribution is 2.34. The van der Waals surface area contributed by atoms with Crippen LogP contribution >= 0.6 is 0 Å². The van der Waals surface area contributed by atoms with Gasteiger partial charge >= 0.3 is 0 Å². The first kappa shape index (κ1) is 13.1. The van der Waals surface area contributed by atoms with E-state index in [1.165, 1.54) is 19.3 Å². The zero-order valence-electron chi connectivity index (χ0n) is 11.4. The molecule has 0 radical (unpaired) electrons. The SMILES string of the molecule is COc1ccc(NC2CCCC(C)C2C)cc1O. The summed E-state index contributed by atoms with van der Waals surface area (Å²) < 4.78 is 5.05. The molecule has 1 saturated carbocycles. The van der Waals surface area contributed by atoms with Gasteiger partial charge < -0.3 is 15.2 Å². The minimum atomic E-state index is 0.194. The van der Waals surface area contributed by atoms with Crippen LogP contribution in [0.4, 0.5) is 5.69 Å². The second kappa shape index (κ2) is 5.51. The van der Waals surface area contributed by atoms with Crippen LogP contribution in [0, 0.1) is 11.8 Å². The Morgan fingerprint density at radius 2 is 2.06 bits per heavy atom. The summed E-state index contributed by atoms with van der Waals surface area (Å²) in [7, 11) is 1.56. The number of nitrogens with one attached hydrogen (secondary N) is 1. The molecule has 3 heteroatoms. The van der Waals surface area contributed by atoms with Crippen LogP contribution in [0.15, 0.2) is 18.2 Å².